The Morgan fingerprint density at radius 2 is 1.71 bits per heavy atom. The van der Waals surface area contributed by atoms with E-state index in [1.165, 1.54) is 24.3 Å². The number of rotatable bonds is 5. The molecule has 0 aromatic heterocycles. The van der Waals surface area contributed by atoms with E-state index in [0.29, 0.717) is 17.0 Å². The lowest BCUT2D eigenvalue weighted by Crippen LogP contribution is -2.14. The van der Waals surface area contributed by atoms with Gasteiger partial charge in [0.2, 0.25) is 0 Å². The molecule has 0 fully saturated rings. The second-order valence-corrected chi connectivity index (χ2v) is 6.52. The molecular formula is C23H16ClFN2O. The van der Waals surface area contributed by atoms with Crippen LogP contribution in [0.15, 0.2) is 78.4 Å². The highest BCUT2D eigenvalue weighted by atomic mass is 35.5. The van der Waals surface area contributed by atoms with E-state index < -0.39 is 11.7 Å². The summed E-state index contributed by atoms with van der Waals surface area (Å²) in [6.07, 6.45) is 2.15. The smallest absolute Gasteiger partial charge is 0.266 e. The first-order valence-corrected chi connectivity index (χ1v) is 8.94. The van der Waals surface area contributed by atoms with Gasteiger partial charge >= 0.3 is 0 Å². The molecule has 5 heteroatoms. The van der Waals surface area contributed by atoms with Crippen LogP contribution in [-0.4, -0.2) is 5.91 Å². The van der Waals surface area contributed by atoms with Crippen LogP contribution in [0.5, 0.6) is 0 Å². The highest BCUT2D eigenvalue weighted by molar-refractivity contribution is 6.31. The first kappa shape index (κ1) is 19.3. The molecule has 0 spiro atoms. The Balaban J connectivity index is 1.74. The van der Waals surface area contributed by atoms with Crippen LogP contribution in [0.3, 0.4) is 0 Å². The number of carbonyl (C=O) groups is 1. The van der Waals surface area contributed by atoms with Crippen molar-refractivity contribution in [1.82, 2.24) is 0 Å². The lowest BCUT2D eigenvalue weighted by Gasteiger charge is -2.06. The molecule has 0 atom stereocenters. The normalized spacial score (nSPS) is 11.0. The number of amides is 1. The molecule has 0 saturated carbocycles. The van der Waals surface area contributed by atoms with Gasteiger partial charge in [-0.15, -0.1) is 0 Å². The van der Waals surface area contributed by atoms with E-state index >= 15 is 0 Å². The fourth-order valence-corrected chi connectivity index (χ4v) is 2.86. The van der Waals surface area contributed by atoms with Crippen LogP contribution in [-0.2, 0) is 11.2 Å². The first-order valence-electron chi connectivity index (χ1n) is 8.57. The molecule has 1 amide bonds. The highest BCUT2D eigenvalue weighted by Gasteiger charge is 2.11. The average Bonchev–Trinajstić information content (AvgIpc) is 2.70. The summed E-state index contributed by atoms with van der Waals surface area (Å²) in [6.45, 7) is 0. The maximum Gasteiger partial charge on any atom is 0.266 e. The molecule has 0 unspecified atom stereocenters. The maximum absolute atomic E-state index is 13.7. The summed E-state index contributed by atoms with van der Waals surface area (Å²) in [4.78, 5) is 12.3. The van der Waals surface area contributed by atoms with E-state index in [0.717, 1.165) is 11.1 Å². The van der Waals surface area contributed by atoms with E-state index in [4.69, 9.17) is 11.6 Å². The summed E-state index contributed by atoms with van der Waals surface area (Å²) < 4.78 is 13.7. The Labute approximate surface area is 167 Å². The van der Waals surface area contributed by atoms with Crippen LogP contribution in [0.4, 0.5) is 10.1 Å². The molecule has 1 N–H and O–H groups in total. The molecule has 0 aliphatic heterocycles. The lowest BCUT2D eigenvalue weighted by molar-refractivity contribution is -0.112. The van der Waals surface area contributed by atoms with Gasteiger partial charge in [-0.3, -0.25) is 4.79 Å². The van der Waals surface area contributed by atoms with Gasteiger partial charge in [-0.1, -0.05) is 66.2 Å². The van der Waals surface area contributed by atoms with Crippen LogP contribution >= 0.6 is 11.6 Å². The minimum absolute atomic E-state index is 0.0312. The lowest BCUT2D eigenvalue weighted by atomic mass is 10.0. The van der Waals surface area contributed by atoms with Gasteiger partial charge in [-0.2, -0.15) is 5.26 Å². The van der Waals surface area contributed by atoms with Crippen molar-refractivity contribution < 1.29 is 9.18 Å². The van der Waals surface area contributed by atoms with Crippen molar-refractivity contribution in [1.29, 1.82) is 5.26 Å². The summed E-state index contributed by atoms with van der Waals surface area (Å²) in [5.41, 5.74) is 2.70. The van der Waals surface area contributed by atoms with Gasteiger partial charge in [0.15, 0.2) is 0 Å². The Bertz CT molecular complexity index is 1070. The van der Waals surface area contributed by atoms with E-state index in [-0.39, 0.29) is 11.3 Å². The summed E-state index contributed by atoms with van der Waals surface area (Å²) >= 11 is 6.19. The summed E-state index contributed by atoms with van der Waals surface area (Å²) in [6, 6.07) is 22.8. The zero-order valence-corrected chi connectivity index (χ0v) is 15.6. The molecule has 138 valence electrons. The number of nitriles is 1. The van der Waals surface area contributed by atoms with Crippen molar-refractivity contribution in [2.45, 2.75) is 6.42 Å². The van der Waals surface area contributed by atoms with Gasteiger partial charge in [0.25, 0.3) is 5.91 Å². The molecule has 3 rings (SSSR count). The minimum Gasteiger partial charge on any atom is -0.319 e. The van der Waals surface area contributed by atoms with Gasteiger partial charge in [-0.05, 0) is 47.4 Å². The predicted octanol–water partition coefficient (Wildman–Crippen LogP) is 5.62. The third kappa shape index (κ3) is 4.85. The van der Waals surface area contributed by atoms with Crippen LogP contribution < -0.4 is 5.32 Å². The largest absolute Gasteiger partial charge is 0.319 e. The Morgan fingerprint density at radius 3 is 2.39 bits per heavy atom. The fraction of sp³-hybridized carbons (Fsp3) is 0.0435. The molecule has 0 radical (unpaired) electrons. The average molecular weight is 391 g/mol. The molecule has 3 nitrogen and oxygen atoms in total. The van der Waals surface area contributed by atoms with Gasteiger partial charge in [0.1, 0.15) is 17.5 Å². The topological polar surface area (TPSA) is 52.9 Å². The second-order valence-electron chi connectivity index (χ2n) is 6.11. The fourth-order valence-electron chi connectivity index (χ4n) is 2.66. The number of nitrogens with one attached hydrogen (secondary N) is 1. The zero-order chi connectivity index (χ0) is 19.9. The summed E-state index contributed by atoms with van der Waals surface area (Å²) in [7, 11) is 0. The van der Waals surface area contributed by atoms with Crippen molar-refractivity contribution >= 4 is 29.3 Å². The van der Waals surface area contributed by atoms with E-state index in [1.54, 1.807) is 6.07 Å². The number of para-hydroxylation sites is 1. The molecule has 3 aromatic carbocycles. The van der Waals surface area contributed by atoms with Crippen molar-refractivity contribution in [3.63, 3.8) is 0 Å². The predicted molar refractivity (Wildman–Crippen MR) is 109 cm³/mol. The second kappa shape index (κ2) is 8.98. The van der Waals surface area contributed by atoms with Crippen LogP contribution in [0, 0.1) is 17.1 Å². The number of hydrogen-bond donors (Lipinski definition) is 1. The first-order chi connectivity index (χ1) is 13.6. The van der Waals surface area contributed by atoms with E-state index in [1.807, 2.05) is 54.6 Å². The standard InChI is InChI=1S/C23H16ClFN2O/c24-20-6-2-1-5-18(20)13-16-9-11-17(12-10-16)14-19(15-26)23(28)27-22-8-4-3-7-21(22)25/h1-12,14H,13H2,(H,27,28)/b19-14+. The highest BCUT2D eigenvalue weighted by Crippen LogP contribution is 2.20. The van der Waals surface area contributed by atoms with Gasteiger partial charge in [0, 0.05) is 5.02 Å². The van der Waals surface area contributed by atoms with E-state index in [2.05, 4.69) is 5.32 Å². The maximum atomic E-state index is 13.7. The van der Waals surface area contributed by atoms with Gasteiger partial charge in [-0.25, -0.2) is 4.39 Å². The minimum atomic E-state index is -0.659. The molecule has 28 heavy (non-hydrogen) atoms. The van der Waals surface area contributed by atoms with Crippen LogP contribution in [0.25, 0.3) is 6.08 Å². The van der Waals surface area contributed by atoms with Crippen molar-refractivity contribution in [2.24, 2.45) is 0 Å². The summed E-state index contributed by atoms with van der Waals surface area (Å²) in [5, 5.41) is 12.4. The molecule has 0 heterocycles. The van der Waals surface area contributed by atoms with E-state index in [9.17, 15) is 14.4 Å². The van der Waals surface area contributed by atoms with Gasteiger partial charge < -0.3 is 5.32 Å². The van der Waals surface area contributed by atoms with Crippen molar-refractivity contribution in [3.8, 4) is 6.07 Å². The molecule has 0 bridgehead atoms. The third-order valence-electron chi connectivity index (χ3n) is 4.13. The Morgan fingerprint density at radius 1 is 1.04 bits per heavy atom. The molecule has 0 saturated heterocycles. The van der Waals surface area contributed by atoms with Crippen molar-refractivity contribution in [3.05, 3.63) is 106 Å². The number of hydrogen-bond acceptors (Lipinski definition) is 2. The van der Waals surface area contributed by atoms with Crippen LogP contribution in [0.1, 0.15) is 16.7 Å². The molecule has 3 aromatic rings. The molecule has 0 aliphatic rings. The number of benzene rings is 3. The third-order valence-corrected chi connectivity index (χ3v) is 4.50. The van der Waals surface area contributed by atoms with Crippen molar-refractivity contribution in [2.75, 3.05) is 5.32 Å². The van der Waals surface area contributed by atoms with Gasteiger partial charge in [0.05, 0.1) is 5.69 Å². The Hall–Kier alpha value is -3.42. The quantitative estimate of drug-likeness (QED) is 0.454. The number of nitrogens with zero attached hydrogens (tertiary/aromatic N) is 1. The monoisotopic (exact) mass is 390 g/mol. The molecular weight excluding hydrogens is 375 g/mol. The zero-order valence-electron chi connectivity index (χ0n) is 14.8. The number of anilines is 1. The number of carbonyl (C=O) groups excluding carboxylic acids is 1. The Kier molecular flexibility index (Phi) is 6.21. The SMILES string of the molecule is N#C/C(=C\c1ccc(Cc2ccccc2Cl)cc1)C(=O)Nc1ccccc1F. The summed E-state index contributed by atoms with van der Waals surface area (Å²) in [5.74, 6) is -1.22. The number of halogens is 2. The van der Waals surface area contributed by atoms with Crippen LogP contribution in [0.2, 0.25) is 5.02 Å². The molecule has 0 aliphatic carbocycles.